The molecule has 0 N–H and O–H groups in total. The van der Waals surface area contributed by atoms with Crippen LogP contribution in [0.15, 0.2) is 12.7 Å². The molecule has 1 rings (SSSR count). The van der Waals surface area contributed by atoms with E-state index >= 15 is 0 Å². The average molecular weight is 177 g/mol. The summed E-state index contributed by atoms with van der Waals surface area (Å²) in [5.74, 6) is -0.436. The van der Waals surface area contributed by atoms with Gasteiger partial charge >= 0.3 is 5.97 Å². The molecule has 1 fully saturated rings. The maximum absolute atomic E-state index is 10.9. The van der Waals surface area contributed by atoms with E-state index in [4.69, 9.17) is 16.3 Å². The smallest absolute Gasteiger partial charge is 0.327 e. The number of ether oxygens (including phenoxy) is 2. The number of carbonyl (C=O) groups is 1. The molecule has 1 heterocycles. The van der Waals surface area contributed by atoms with Gasteiger partial charge in [-0.3, -0.25) is 4.79 Å². The highest BCUT2D eigenvalue weighted by Crippen LogP contribution is 2.19. The van der Waals surface area contributed by atoms with Gasteiger partial charge in [-0.2, -0.15) is 0 Å². The summed E-state index contributed by atoms with van der Waals surface area (Å²) in [7, 11) is 0. The van der Waals surface area contributed by atoms with Gasteiger partial charge in [-0.1, -0.05) is 12.7 Å². The molecule has 0 amide bonds. The first kappa shape index (κ1) is 8.56. The van der Waals surface area contributed by atoms with Crippen molar-refractivity contribution in [3.63, 3.8) is 0 Å². The molecule has 0 saturated carbocycles. The number of esters is 1. The van der Waals surface area contributed by atoms with Crippen LogP contribution < -0.4 is 0 Å². The molecule has 0 radical (unpaired) electrons. The molecular weight excluding hydrogens is 168 g/mol. The van der Waals surface area contributed by atoms with Crippen LogP contribution in [0.4, 0.5) is 0 Å². The van der Waals surface area contributed by atoms with Crippen LogP contribution >= 0.6 is 11.6 Å². The molecule has 4 heteroatoms. The number of alkyl halides is 1. The number of epoxide rings is 1. The number of hydrogen-bond acceptors (Lipinski definition) is 3. The second-order valence-corrected chi connectivity index (χ2v) is 2.66. The van der Waals surface area contributed by atoms with Crippen molar-refractivity contribution in [1.82, 2.24) is 0 Å². The van der Waals surface area contributed by atoms with Crippen molar-refractivity contribution in [3.05, 3.63) is 12.7 Å². The summed E-state index contributed by atoms with van der Waals surface area (Å²) in [5, 5.41) is -0.657. The van der Waals surface area contributed by atoms with Crippen molar-refractivity contribution in [2.45, 2.75) is 11.5 Å². The van der Waals surface area contributed by atoms with E-state index in [2.05, 4.69) is 11.3 Å². The zero-order valence-corrected chi connectivity index (χ0v) is 6.71. The van der Waals surface area contributed by atoms with E-state index in [1.165, 1.54) is 6.08 Å². The van der Waals surface area contributed by atoms with Gasteiger partial charge < -0.3 is 9.47 Å². The highest BCUT2D eigenvalue weighted by molar-refractivity contribution is 6.30. The van der Waals surface area contributed by atoms with E-state index in [-0.39, 0.29) is 12.7 Å². The van der Waals surface area contributed by atoms with Gasteiger partial charge in [0.1, 0.15) is 12.7 Å². The highest BCUT2D eigenvalue weighted by atomic mass is 35.5. The molecule has 0 aliphatic carbocycles. The standard InChI is InChI=1S/C7H9ClO3/c1-2-3-10-7(9)6(8)5-4-11-5/h2,5-6H,1,3-4H2. The predicted octanol–water partition coefficient (Wildman–Crippen LogP) is 0.722. The topological polar surface area (TPSA) is 38.8 Å². The highest BCUT2D eigenvalue weighted by Gasteiger charge is 2.37. The number of hydrogen-bond donors (Lipinski definition) is 0. The molecule has 11 heavy (non-hydrogen) atoms. The van der Waals surface area contributed by atoms with E-state index in [1.807, 2.05) is 0 Å². The fourth-order valence-corrected chi connectivity index (χ4v) is 0.805. The minimum absolute atomic E-state index is 0.144. The van der Waals surface area contributed by atoms with Crippen molar-refractivity contribution < 1.29 is 14.3 Å². The van der Waals surface area contributed by atoms with Crippen molar-refractivity contribution in [1.29, 1.82) is 0 Å². The van der Waals surface area contributed by atoms with Crippen LogP contribution in [0.25, 0.3) is 0 Å². The van der Waals surface area contributed by atoms with Crippen LogP contribution in [-0.4, -0.2) is 30.7 Å². The molecule has 1 aliphatic heterocycles. The first-order valence-electron chi connectivity index (χ1n) is 3.29. The number of carbonyl (C=O) groups excluding carboxylic acids is 1. The zero-order chi connectivity index (χ0) is 8.27. The average Bonchev–Trinajstić information content (AvgIpc) is 2.81. The fraction of sp³-hybridized carbons (Fsp3) is 0.571. The Balaban J connectivity index is 2.21. The summed E-state index contributed by atoms with van der Waals surface area (Å²) in [4.78, 5) is 10.9. The van der Waals surface area contributed by atoms with Gasteiger partial charge in [0, 0.05) is 0 Å². The van der Waals surface area contributed by atoms with Crippen molar-refractivity contribution in [2.75, 3.05) is 13.2 Å². The van der Waals surface area contributed by atoms with Crippen molar-refractivity contribution in [2.24, 2.45) is 0 Å². The molecule has 1 saturated heterocycles. The first-order valence-corrected chi connectivity index (χ1v) is 3.72. The SMILES string of the molecule is C=CCOC(=O)C(Cl)C1CO1. The van der Waals surface area contributed by atoms with Gasteiger partial charge in [-0.15, -0.1) is 11.6 Å². The van der Waals surface area contributed by atoms with Crippen LogP contribution in [0, 0.1) is 0 Å². The lowest BCUT2D eigenvalue weighted by Crippen LogP contribution is -2.23. The Morgan fingerprint density at radius 1 is 2.00 bits per heavy atom. The molecule has 0 aromatic heterocycles. The second-order valence-electron chi connectivity index (χ2n) is 2.19. The number of rotatable bonds is 4. The number of halogens is 1. The van der Waals surface area contributed by atoms with Gasteiger partial charge in [0.25, 0.3) is 0 Å². The molecule has 2 atom stereocenters. The summed E-state index contributed by atoms with van der Waals surface area (Å²) in [5.41, 5.74) is 0. The molecule has 0 aromatic carbocycles. The predicted molar refractivity (Wildman–Crippen MR) is 40.5 cm³/mol. The summed E-state index contributed by atoms with van der Waals surface area (Å²) in [6.07, 6.45) is 1.35. The van der Waals surface area contributed by atoms with E-state index in [1.54, 1.807) is 0 Å². The maximum atomic E-state index is 10.9. The largest absolute Gasteiger partial charge is 0.460 e. The van der Waals surface area contributed by atoms with Gasteiger partial charge in [0.15, 0.2) is 5.38 Å². The van der Waals surface area contributed by atoms with Crippen LogP contribution in [0.1, 0.15) is 0 Å². The first-order chi connectivity index (χ1) is 5.25. The van der Waals surface area contributed by atoms with Crippen LogP contribution in [-0.2, 0) is 14.3 Å². The lowest BCUT2D eigenvalue weighted by Gasteiger charge is -2.04. The van der Waals surface area contributed by atoms with Crippen LogP contribution in [0.2, 0.25) is 0 Å². The lowest BCUT2D eigenvalue weighted by atomic mass is 10.3. The Morgan fingerprint density at radius 2 is 2.64 bits per heavy atom. The molecule has 62 valence electrons. The van der Waals surface area contributed by atoms with Crippen LogP contribution in [0.5, 0.6) is 0 Å². The summed E-state index contributed by atoms with van der Waals surface area (Å²) < 4.78 is 9.50. The molecule has 0 spiro atoms. The summed E-state index contributed by atoms with van der Waals surface area (Å²) in [6, 6.07) is 0. The molecule has 3 nitrogen and oxygen atoms in total. The Hall–Kier alpha value is -0.540. The Morgan fingerprint density at radius 3 is 3.09 bits per heavy atom. The van der Waals surface area contributed by atoms with Gasteiger partial charge in [-0.25, -0.2) is 0 Å². The molecule has 0 aromatic rings. The molecular formula is C7H9ClO3. The minimum Gasteiger partial charge on any atom is -0.460 e. The summed E-state index contributed by atoms with van der Waals surface area (Å²) in [6.45, 7) is 4.16. The third-order valence-electron chi connectivity index (χ3n) is 1.25. The molecule has 0 bridgehead atoms. The van der Waals surface area contributed by atoms with E-state index in [9.17, 15) is 4.79 Å². The maximum Gasteiger partial charge on any atom is 0.327 e. The van der Waals surface area contributed by atoms with E-state index < -0.39 is 11.3 Å². The quantitative estimate of drug-likeness (QED) is 0.274. The van der Waals surface area contributed by atoms with E-state index in [0.717, 1.165) is 0 Å². The van der Waals surface area contributed by atoms with Crippen LogP contribution in [0.3, 0.4) is 0 Å². The minimum atomic E-state index is -0.657. The second kappa shape index (κ2) is 3.74. The third kappa shape index (κ3) is 2.52. The molecule has 1 aliphatic rings. The fourth-order valence-electron chi connectivity index (χ4n) is 0.597. The summed E-state index contributed by atoms with van der Waals surface area (Å²) >= 11 is 5.63. The normalized spacial score (nSPS) is 23.9. The van der Waals surface area contributed by atoms with Gasteiger partial charge in [-0.05, 0) is 0 Å². The Kier molecular flexibility index (Phi) is 2.91. The van der Waals surface area contributed by atoms with Crippen molar-refractivity contribution in [3.8, 4) is 0 Å². The van der Waals surface area contributed by atoms with Gasteiger partial charge in [0.05, 0.1) is 6.61 Å². The Labute approximate surface area is 69.9 Å². The van der Waals surface area contributed by atoms with Gasteiger partial charge in [0.2, 0.25) is 0 Å². The van der Waals surface area contributed by atoms with E-state index in [0.29, 0.717) is 6.61 Å². The molecule has 2 unspecified atom stereocenters. The lowest BCUT2D eigenvalue weighted by molar-refractivity contribution is -0.142. The zero-order valence-electron chi connectivity index (χ0n) is 5.96. The third-order valence-corrected chi connectivity index (χ3v) is 1.71. The Bertz CT molecular complexity index is 165. The van der Waals surface area contributed by atoms with Crippen molar-refractivity contribution >= 4 is 17.6 Å². The monoisotopic (exact) mass is 176 g/mol.